The van der Waals surface area contributed by atoms with Crippen LogP contribution in [0, 0.1) is 10.7 Å². The summed E-state index contributed by atoms with van der Waals surface area (Å²) < 4.78 is 0. The van der Waals surface area contributed by atoms with Crippen molar-refractivity contribution in [2.24, 2.45) is 0 Å². The van der Waals surface area contributed by atoms with Gasteiger partial charge in [0.25, 0.3) is 0 Å². The fourth-order valence-corrected chi connectivity index (χ4v) is 1.98. The Labute approximate surface area is 121 Å². The van der Waals surface area contributed by atoms with Gasteiger partial charge in [-0.05, 0) is 48.0 Å². The van der Waals surface area contributed by atoms with E-state index in [1.54, 1.807) is 36.7 Å². The number of carbonyl (C=O) groups excluding carboxylic acids is 1. The molecule has 2 rings (SSSR count). The van der Waals surface area contributed by atoms with E-state index in [1.807, 2.05) is 5.40 Å². The summed E-state index contributed by atoms with van der Waals surface area (Å²) in [5.74, 6) is -0.0606. The van der Waals surface area contributed by atoms with Crippen molar-refractivity contribution in [3.8, 4) is 5.40 Å². The number of nitrogens with one attached hydrogen (secondary N) is 1. The first-order valence-corrected chi connectivity index (χ1v) is 6.79. The summed E-state index contributed by atoms with van der Waals surface area (Å²) in [4.78, 5) is 20.4. The highest BCUT2D eigenvalue weighted by Crippen LogP contribution is 2.19. The molecule has 0 spiro atoms. The van der Waals surface area contributed by atoms with E-state index in [0.29, 0.717) is 12.8 Å². The molecule has 1 heterocycles. The summed E-state index contributed by atoms with van der Waals surface area (Å²) in [5.41, 5.74) is 1.66. The summed E-state index contributed by atoms with van der Waals surface area (Å²) >= 11 is 1.09. The summed E-state index contributed by atoms with van der Waals surface area (Å²) in [6.45, 7) is 0. The maximum atomic E-state index is 11.8. The lowest BCUT2D eigenvalue weighted by atomic mass is 10.2. The van der Waals surface area contributed by atoms with Gasteiger partial charge in [0, 0.05) is 29.4 Å². The van der Waals surface area contributed by atoms with Crippen LogP contribution in [0.1, 0.15) is 12.0 Å². The number of thioether (sulfide) groups is 1. The number of nitrogens with zero attached hydrogens (tertiary/aromatic N) is 3. The van der Waals surface area contributed by atoms with E-state index in [-0.39, 0.29) is 5.91 Å². The van der Waals surface area contributed by atoms with Crippen molar-refractivity contribution < 1.29 is 4.79 Å². The van der Waals surface area contributed by atoms with E-state index in [4.69, 9.17) is 5.26 Å². The number of carbonyl (C=O) groups is 1. The number of thiocyanates is 1. The molecule has 0 radical (unpaired) electrons. The number of aromatic nitrogens is 2. The quantitative estimate of drug-likeness (QED) is 0.674. The molecule has 0 aliphatic carbocycles. The van der Waals surface area contributed by atoms with Gasteiger partial charge in [0.05, 0.1) is 0 Å². The maximum Gasteiger partial charge on any atom is 0.224 e. The first-order chi connectivity index (χ1) is 9.78. The molecule has 5 nitrogen and oxygen atoms in total. The van der Waals surface area contributed by atoms with E-state index in [1.165, 1.54) is 6.33 Å². The van der Waals surface area contributed by atoms with Crippen molar-refractivity contribution >= 4 is 23.4 Å². The van der Waals surface area contributed by atoms with Gasteiger partial charge >= 0.3 is 0 Å². The highest BCUT2D eigenvalue weighted by molar-refractivity contribution is 8.03. The van der Waals surface area contributed by atoms with Gasteiger partial charge in [-0.25, -0.2) is 9.97 Å². The molecule has 0 fully saturated rings. The van der Waals surface area contributed by atoms with Gasteiger partial charge in [0.15, 0.2) is 0 Å². The van der Waals surface area contributed by atoms with Crippen molar-refractivity contribution in [2.75, 3.05) is 5.32 Å². The molecule has 1 N–H and O–H groups in total. The first kappa shape index (κ1) is 14.0. The van der Waals surface area contributed by atoms with Gasteiger partial charge in [0.1, 0.15) is 11.7 Å². The normalized spacial score (nSPS) is 9.75. The van der Waals surface area contributed by atoms with Crippen LogP contribution in [-0.2, 0) is 11.2 Å². The molecule has 0 saturated carbocycles. The molecule has 20 heavy (non-hydrogen) atoms. The Hall–Kier alpha value is -2.39. The molecule has 0 saturated heterocycles. The molecule has 0 atom stereocenters. The van der Waals surface area contributed by atoms with Crippen molar-refractivity contribution in [1.82, 2.24) is 9.97 Å². The number of nitriles is 1. The lowest BCUT2D eigenvalue weighted by molar-refractivity contribution is -0.116. The van der Waals surface area contributed by atoms with Gasteiger partial charge in [-0.1, -0.05) is 0 Å². The van der Waals surface area contributed by atoms with E-state index in [2.05, 4.69) is 15.3 Å². The molecular formula is C14H12N4OS. The van der Waals surface area contributed by atoms with Crippen LogP contribution < -0.4 is 5.32 Å². The molecule has 0 bridgehead atoms. The van der Waals surface area contributed by atoms with Gasteiger partial charge in [0.2, 0.25) is 5.91 Å². The van der Waals surface area contributed by atoms with E-state index < -0.39 is 0 Å². The van der Waals surface area contributed by atoms with Crippen LogP contribution in [0.2, 0.25) is 0 Å². The molecule has 1 amide bonds. The average Bonchev–Trinajstić information content (AvgIpc) is 2.49. The third-order valence-corrected chi connectivity index (χ3v) is 3.16. The Morgan fingerprint density at radius 2 is 1.95 bits per heavy atom. The van der Waals surface area contributed by atoms with Gasteiger partial charge in [-0.3, -0.25) is 4.79 Å². The number of amides is 1. The predicted octanol–water partition coefficient (Wildman–Crippen LogP) is 2.62. The smallest absolute Gasteiger partial charge is 0.224 e. The number of aryl methyl sites for hydroxylation is 1. The molecule has 1 aromatic heterocycles. The van der Waals surface area contributed by atoms with Crippen molar-refractivity contribution in [3.63, 3.8) is 0 Å². The second kappa shape index (κ2) is 7.26. The highest BCUT2D eigenvalue weighted by Gasteiger charge is 2.03. The number of anilines is 1. The molecule has 0 aliphatic rings. The van der Waals surface area contributed by atoms with Crippen molar-refractivity contribution in [1.29, 1.82) is 5.26 Å². The zero-order valence-corrected chi connectivity index (χ0v) is 11.4. The van der Waals surface area contributed by atoms with Gasteiger partial charge in [-0.15, -0.1) is 0 Å². The predicted molar refractivity (Wildman–Crippen MR) is 76.9 cm³/mol. The van der Waals surface area contributed by atoms with Gasteiger partial charge in [-0.2, -0.15) is 5.26 Å². The second-order valence-corrected chi connectivity index (χ2v) is 4.87. The molecule has 0 unspecified atom stereocenters. The standard InChI is InChI=1S/C14H12N4OS/c15-9-20-13-4-2-12(3-5-13)18-14(19)6-1-11-7-16-10-17-8-11/h2-5,7-8,10H,1,6H2,(H,18,19). The lowest BCUT2D eigenvalue weighted by Gasteiger charge is -2.05. The largest absolute Gasteiger partial charge is 0.326 e. The third kappa shape index (κ3) is 4.37. The fourth-order valence-electron chi connectivity index (χ4n) is 1.60. The van der Waals surface area contributed by atoms with Crippen molar-refractivity contribution in [3.05, 3.63) is 48.5 Å². The Balaban J connectivity index is 1.84. The van der Waals surface area contributed by atoms with Gasteiger partial charge < -0.3 is 5.32 Å². The SMILES string of the molecule is N#CSc1ccc(NC(=O)CCc2cncnc2)cc1. The monoisotopic (exact) mass is 284 g/mol. The number of hydrogen-bond acceptors (Lipinski definition) is 5. The molecule has 100 valence electrons. The summed E-state index contributed by atoms with van der Waals surface area (Å²) in [6.07, 6.45) is 5.85. The minimum atomic E-state index is -0.0606. The Kier molecular flexibility index (Phi) is 5.09. The molecule has 2 aromatic rings. The topological polar surface area (TPSA) is 78.7 Å². The second-order valence-electron chi connectivity index (χ2n) is 4.01. The van der Waals surface area contributed by atoms with Crippen LogP contribution in [0.25, 0.3) is 0 Å². The first-order valence-electron chi connectivity index (χ1n) is 5.97. The van der Waals surface area contributed by atoms with E-state index in [0.717, 1.165) is 27.9 Å². The van der Waals surface area contributed by atoms with Crippen LogP contribution in [0.4, 0.5) is 5.69 Å². The number of benzene rings is 1. The van der Waals surface area contributed by atoms with E-state index >= 15 is 0 Å². The summed E-state index contributed by atoms with van der Waals surface area (Å²) in [7, 11) is 0. The Bertz CT molecular complexity index is 607. The highest BCUT2D eigenvalue weighted by atomic mass is 32.2. The molecule has 0 aliphatic heterocycles. The molecule has 6 heteroatoms. The summed E-state index contributed by atoms with van der Waals surface area (Å²) in [5, 5.41) is 13.4. The number of rotatable bonds is 5. The summed E-state index contributed by atoms with van der Waals surface area (Å²) in [6, 6.07) is 7.16. The minimum Gasteiger partial charge on any atom is -0.326 e. The van der Waals surface area contributed by atoms with Crippen LogP contribution in [0.15, 0.2) is 47.9 Å². The fraction of sp³-hybridized carbons (Fsp3) is 0.143. The zero-order valence-electron chi connectivity index (χ0n) is 10.6. The minimum absolute atomic E-state index is 0.0606. The lowest BCUT2D eigenvalue weighted by Crippen LogP contribution is -2.12. The average molecular weight is 284 g/mol. The van der Waals surface area contributed by atoms with Crippen LogP contribution in [0.3, 0.4) is 0 Å². The number of hydrogen-bond donors (Lipinski definition) is 1. The van der Waals surface area contributed by atoms with Crippen LogP contribution in [0.5, 0.6) is 0 Å². The molecule has 1 aromatic carbocycles. The third-order valence-electron chi connectivity index (χ3n) is 2.56. The Morgan fingerprint density at radius 1 is 1.25 bits per heavy atom. The Morgan fingerprint density at radius 3 is 2.60 bits per heavy atom. The van der Waals surface area contributed by atoms with Crippen molar-refractivity contribution in [2.45, 2.75) is 17.7 Å². The molecular weight excluding hydrogens is 272 g/mol. The van der Waals surface area contributed by atoms with E-state index in [9.17, 15) is 4.79 Å². The zero-order chi connectivity index (χ0) is 14.2. The maximum absolute atomic E-state index is 11.8. The van der Waals surface area contributed by atoms with Crippen LogP contribution >= 0.6 is 11.8 Å². The van der Waals surface area contributed by atoms with Crippen LogP contribution in [-0.4, -0.2) is 15.9 Å².